The minimum absolute atomic E-state index is 0.0202. The number of ketones is 1. The van der Waals surface area contributed by atoms with Crippen LogP contribution in [0.5, 0.6) is 5.75 Å². The van der Waals surface area contributed by atoms with Crippen molar-refractivity contribution >= 4 is 40.8 Å². The molecule has 3 amide bonds. The van der Waals surface area contributed by atoms with Gasteiger partial charge in [0.2, 0.25) is 11.8 Å². The van der Waals surface area contributed by atoms with Crippen LogP contribution >= 0.6 is 11.6 Å². The zero-order chi connectivity index (χ0) is 24.3. The van der Waals surface area contributed by atoms with Gasteiger partial charge in [-0.25, -0.2) is 9.40 Å². The van der Waals surface area contributed by atoms with Crippen LogP contribution in [0.1, 0.15) is 33.1 Å². The first-order chi connectivity index (χ1) is 15.0. The van der Waals surface area contributed by atoms with E-state index in [4.69, 9.17) is 22.1 Å². The minimum Gasteiger partial charge on any atom is -0.497 e. The van der Waals surface area contributed by atoms with Crippen LogP contribution in [-0.4, -0.2) is 54.3 Å². The molecule has 0 radical (unpaired) electrons. The van der Waals surface area contributed by atoms with Crippen LogP contribution in [0.25, 0.3) is 0 Å². The van der Waals surface area contributed by atoms with E-state index in [1.165, 1.54) is 7.11 Å². The number of nitrogens with two attached hydrogens (primary N) is 1. The summed E-state index contributed by atoms with van der Waals surface area (Å²) in [6.07, 6.45) is -0.0405. The number of Topliss-reactive ketones (excluding diaryl/α,β-unsaturated/α-hetero) is 1. The van der Waals surface area contributed by atoms with Crippen molar-refractivity contribution in [2.75, 3.05) is 25.5 Å². The number of carbonyl (C=O) groups excluding carboxylic acids is 4. The number of ether oxygens (including phenoxy) is 1. The molecule has 0 aromatic heterocycles. The predicted octanol–water partition coefficient (Wildman–Crippen LogP) is 2.00. The molecule has 1 aromatic carbocycles. The monoisotopic (exact) mass is 472 g/mol. The number of benzene rings is 1. The molecule has 0 saturated carbocycles. The number of rotatable bonds is 13. The highest BCUT2D eigenvalue weighted by molar-refractivity contribution is 6.29. The molecule has 0 saturated heterocycles. The molecule has 11 heteroatoms. The maximum absolute atomic E-state index is 13.3. The quantitative estimate of drug-likeness (QED) is 0.297. The average Bonchev–Trinajstić information content (AvgIpc) is 2.73. The van der Waals surface area contributed by atoms with Gasteiger partial charge in [-0.05, 0) is 24.5 Å². The molecule has 4 N–H and O–H groups in total. The average molecular weight is 473 g/mol. The lowest BCUT2D eigenvalue weighted by atomic mass is 9.91. The molecule has 0 heterocycles. The highest BCUT2D eigenvalue weighted by atomic mass is 35.5. The molecule has 2 atom stereocenters. The van der Waals surface area contributed by atoms with Gasteiger partial charge in [-0.2, -0.15) is 0 Å². The van der Waals surface area contributed by atoms with Gasteiger partial charge in [0.15, 0.2) is 5.78 Å². The first-order valence-corrected chi connectivity index (χ1v) is 10.5. The Hall–Kier alpha value is -2.88. The normalized spacial score (nSPS) is 12.6. The van der Waals surface area contributed by atoms with Crippen molar-refractivity contribution in [2.24, 2.45) is 17.6 Å². The fraction of sp³-hybridized carbons (Fsp3) is 0.524. The fourth-order valence-electron chi connectivity index (χ4n) is 2.92. The van der Waals surface area contributed by atoms with Gasteiger partial charge in [0, 0.05) is 30.5 Å². The zero-order valence-electron chi connectivity index (χ0n) is 18.4. The number of hydrazine groups is 1. The molecule has 178 valence electrons. The van der Waals surface area contributed by atoms with Gasteiger partial charge in [-0.3, -0.25) is 24.6 Å². The molecule has 32 heavy (non-hydrogen) atoms. The molecule has 1 aromatic rings. The molecule has 0 aliphatic rings. The maximum Gasteiger partial charge on any atom is 0.291 e. The number of alkyl halides is 2. The molecule has 0 fully saturated rings. The third kappa shape index (κ3) is 9.95. The van der Waals surface area contributed by atoms with Crippen LogP contribution < -0.4 is 21.2 Å². The minimum atomic E-state index is -2.40. The van der Waals surface area contributed by atoms with Gasteiger partial charge in [0.05, 0.1) is 20.2 Å². The predicted molar refractivity (Wildman–Crippen MR) is 118 cm³/mol. The second-order valence-electron chi connectivity index (χ2n) is 7.64. The highest BCUT2D eigenvalue weighted by Gasteiger charge is 2.28. The Morgan fingerprint density at radius 2 is 1.94 bits per heavy atom. The molecule has 0 unspecified atom stereocenters. The summed E-state index contributed by atoms with van der Waals surface area (Å²) in [5, 5.41) is 3.60. The van der Waals surface area contributed by atoms with Gasteiger partial charge in [0.25, 0.3) is 11.5 Å². The Morgan fingerprint density at radius 1 is 1.25 bits per heavy atom. The number of hydrogen-bond acceptors (Lipinski definition) is 6. The molecular weight excluding hydrogens is 443 g/mol. The second-order valence-corrected chi connectivity index (χ2v) is 8.02. The Morgan fingerprint density at radius 3 is 2.50 bits per heavy atom. The molecule has 9 nitrogen and oxygen atoms in total. The summed E-state index contributed by atoms with van der Waals surface area (Å²) in [5.41, 5.74) is 5.62. The first-order valence-electron chi connectivity index (χ1n) is 10.1. The number of anilines is 1. The number of amides is 3. The molecule has 0 aliphatic carbocycles. The summed E-state index contributed by atoms with van der Waals surface area (Å²) in [4.78, 5) is 48.2. The highest BCUT2D eigenvalue weighted by Crippen LogP contribution is 2.19. The summed E-state index contributed by atoms with van der Waals surface area (Å²) in [5.74, 6) is -2.91. The summed E-state index contributed by atoms with van der Waals surface area (Å²) in [7, 11) is 1.53. The van der Waals surface area contributed by atoms with E-state index in [1.807, 2.05) is 13.8 Å². The third-order valence-electron chi connectivity index (χ3n) is 4.44. The van der Waals surface area contributed by atoms with Crippen LogP contribution in [0.2, 0.25) is 0 Å². The van der Waals surface area contributed by atoms with Crippen molar-refractivity contribution in [1.29, 1.82) is 0 Å². The maximum atomic E-state index is 13.3. The number of nitrogens with one attached hydrogen (secondary N) is 2. The van der Waals surface area contributed by atoms with Crippen molar-refractivity contribution in [1.82, 2.24) is 10.4 Å². The van der Waals surface area contributed by atoms with Crippen molar-refractivity contribution in [3.63, 3.8) is 0 Å². The van der Waals surface area contributed by atoms with E-state index >= 15 is 0 Å². The van der Waals surface area contributed by atoms with Gasteiger partial charge in [-0.15, -0.1) is 0 Å². The smallest absolute Gasteiger partial charge is 0.291 e. The third-order valence-corrected chi connectivity index (χ3v) is 4.63. The molecule has 0 spiro atoms. The van der Waals surface area contributed by atoms with Crippen molar-refractivity contribution < 1.29 is 28.3 Å². The topological polar surface area (TPSA) is 131 Å². The van der Waals surface area contributed by atoms with E-state index < -0.39 is 29.3 Å². The van der Waals surface area contributed by atoms with Crippen molar-refractivity contribution in [3.05, 3.63) is 24.3 Å². The van der Waals surface area contributed by atoms with Gasteiger partial charge in [-0.1, -0.05) is 31.5 Å². The Kier molecular flexibility index (Phi) is 11.5. The standard InChI is InChI=1S/C21H30ClFN4O5/c1-13(2)9-14(10-16(28)12-25-15-5-4-6-17(11-15)32-3)20(30)26-27(8-7-18(24)29)21(31)19(22)23/h4-6,11,13-14,19,25H,7-10,12H2,1-3H3,(H2,24,29)(H,26,30)/t14-,19-/m1/s1. The van der Waals surface area contributed by atoms with Gasteiger partial charge >= 0.3 is 0 Å². The van der Waals surface area contributed by atoms with Gasteiger partial charge < -0.3 is 15.8 Å². The Labute approximate surface area is 191 Å². The van der Waals surface area contributed by atoms with E-state index in [2.05, 4.69) is 10.7 Å². The second kappa shape index (κ2) is 13.5. The lowest BCUT2D eigenvalue weighted by molar-refractivity contribution is -0.146. The number of nitrogens with zero attached hydrogens (tertiary/aromatic N) is 1. The number of methoxy groups -OCH3 is 1. The van der Waals surface area contributed by atoms with E-state index in [1.54, 1.807) is 24.3 Å². The van der Waals surface area contributed by atoms with Crippen LogP contribution in [0, 0.1) is 11.8 Å². The SMILES string of the molecule is COc1cccc(NCC(=O)C[C@@H](CC(C)C)C(=O)NN(CCC(N)=O)C(=O)[C@@H](F)Cl)c1. The van der Waals surface area contributed by atoms with E-state index in [0.717, 1.165) is 0 Å². The molecule has 1 rings (SSSR count). The largest absolute Gasteiger partial charge is 0.497 e. The molecule has 0 bridgehead atoms. The van der Waals surface area contributed by atoms with Crippen LogP contribution in [-0.2, 0) is 19.2 Å². The number of primary amides is 1. The number of carbonyl (C=O) groups is 4. The number of hydrogen-bond donors (Lipinski definition) is 3. The van der Waals surface area contributed by atoms with Crippen molar-refractivity contribution in [2.45, 2.75) is 38.7 Å². The van der Waals surface area contributed by atoms with E-state index in [9.17, 15) is 23.6 Å². The van der Waals surface area contributed by atoms with E-state index in [-0.39, 0.29) is 37.6 Å². The van der Waals surface area contributed by atoms with Crippen molar-refractivity contribution in [3.8, 4) is 5.75 Å². The Balaban J connectivity index is 2.80. The Bertz CT molecular complexity index is 806. The van der Waals surface area contributed by atoms with Crippen LogP contribution in [0.3, 0.4) is 0 Å². The first kappa shape index (κ1) is 27.2. The molecule has 0 aliphatic heterocycles. The summed E-state index contributed by atoms with van der Waals surface area (Å²) < 4.78 is 18.4. The molecular formula is C21H30ClFN4O5. The van der Waals surface area contributed by atoms with Crippen LogP contribution in [0.4, 0.5) is 10.1 Å². The van der Waals surface area contributed by atoms with E-state index in [0.29, 0.717) is 22.9 Å². The fourth-order valence-corrected chi connectivity index (χ4v) is 3.04. The lowest BCUT2D eigenvalue weighted by Crippen LogP contribution is -2.51. The zero-order valence-corrected chi connectivity index (χ0v) is 19.2. The summed E-state index contributed by atoms with van der Waals surface area (Å²) >= 11 is 5.19. The lowest BCUT2D eigenvalue weighted by Gasteiger charge is -2.26. The van der Waals surface area contributed by atoms with Crippen LogP contribution in [0.15, 0.2) is 24.3 Å². The summed E-state index contributed by atoms with van der Waals surface area (Å²) in [6.45, 7) is 3.40. The summed E-state index contributed by atoms with van der Waals surface area (Å²) in [6, 6.07) is 7.04. The van der Waals surface area contributed by atoms with Gasteiger partial charge in [0.1, 0.15) is 5.75 Å². The number of halogens is 2.